The molecular formula is C25H23ClFN5O4. The second-order valence-electron chi connectivity index (χ2n) is 8.43. The summed E-state index contributed by atoms with van der Waals surface area (Å²) >= 11 is 6.47. The van der Waals surface area contributed by atoms with Crippen LogP contribution in [0, 0.1) is 5.82 Å². The van der Waals surface area contributed by atoms with Crippen molar-refractivity contribution in [2.45, 2.75) is 25.7 Å². The van der Waals surface area contributed by atoms with Gasteiger partial charge in [-0.15, -0.1) is 0 Å². The summed E-state index contributed by atoms with van der Waals surface area (Å²) in [4.78, 5) is 19.5. The number of methoxy groups -OCH3 is 1. The maximum absolute atomic E-state index is 14.0. The molecule has 1 aliphatic rings. The molecule has 0 fully saturated rings. The molecule has 5 rings (SSSR count). The highest BCUT2D eigenvalue weighted by molar-refractivity contribution is 6.33. The Balaban J connectivity index is 1.48. The number of carbonyl (C=O) groups excluding carboxylic acids is 1. The first kappa shape index (κ1) is 24.0. The summed E-state index contributed by atoms with van der Waals surface area (Å²) in [5.74, 6) is 0.276. The van der Waals surface area contributed by atoms with E-state index in [1.54, 1.807) is 30.2 Å². The molecule has 2 N–H and O–H groups in total. The van der Waals surface area contributed by atoms with Crippen molar-refractivity contribution in [2.75, 3.05) is 19.0 Å². The van der Waals surface area contributed by atoms with Crippen molar-refractivity contribution in [3.63, 3.8) is 0 Å². The minimum Gasteiger partial charge on any atom is -0.392 e. The van der Waals surface area contributed by atoms with Gasteiger partial charge in [-0.2, -0.15) is 0 Å². The van der Waals surface area contributed by atoms with Crippen LogP contribution in [0.3, 0.4) is 0 Å². The summed E-state index contributed by atoms with van der Waals surface area (Å²) in [7, 11) is 1.57. The number of nitrogens with zero attached hydrogens (tertiary/aromatic N) is 4. The fourth-order valence-corrected chi connectivity index (χ4v) is 4.59. The van der Waals surface area contributed by atoms with Gasteiger partial charge in [0.1, 0.15) is 17.3 Å². The lowest BCUT2D eigenvalue weighted by Gasteiger charge is -2.36. The van der Waals surface area contributed by atoms with Crippen LogP contribution in [-0.2, 0) is 24.4 Å². The van der Waals surface area contributed by atoms with Crippen LogP contribution in [-0.4, -0.2) is 50.4 Å². The Kier molecular flexibility index (Phi) is 6.73. The number of carbonyl (C=O) groups is 1. The molecule has 4 aromatic rings. The van der Waals surface area contributed by atoms with Crippen molar-refractivity contribution < 1.29 is 23.6 Å². The van der Waals surface area contributed by atoms with Gasteiger partial charge in [-0.05, 0) is 35.4 Å². The fraction of sp³-hybridized carbons (Fsp3) is 0.240. The summed E-state index contributed by atoms with van der Waals surface area (Å²) in [5.41, 5.74) is 3.01. The van der Waals surface area contributed by atoms with E-state index in [9.17, 15) is 14.3 Å². The second-order valence-corrected chi connectivity index (χ2v) is 8.84. The minimum absolute atomic E-state index is 0.141. The molecule has 4 heterocycles. The number of aliphatic hydroxyl groups excluding tert-OH is 1. The maximum Gasteiger partial charge on any atom is 0.271 e. The highest BCUT2D eigenvalue weighted by Crippen LogP contribution is 2.34. The predicted molar refractivity (Wildman–Crippen MR) is 130 cm³/mol. The average molecular weight is 512 g/mol. The number of nitrogens with one attached hydrogen (secondary N) is 1. The number of anilines is 2. The Hall–Kier alpha value is -3.73. The summed E-state index contributed by atoms with van der Waals surface area (Å²) in [6, 6.07) is 9.08. The third-order valence-electron chi connectivity index (χ3n) is 6.12. The zero-order valence-corrected chi connectivity index (χ0v) is 20.1. The first-order valence-corrected chi connectivity index (χ1v) is 11.6. The van der Waals surface area contributed by atoms with Crippen LogP contribution in [0.4, 0.5) is 16.1 Å². The lowest BCUT2D eigenvalue weighted by molar-refractivity contribution is 0.0386. The Morgan fingerprint density at radius 2 is 2.14 bits per heavy atom. The molecule has 11 heteroatoms. The zero-order valence-electron chi connectivity index (χ0n) is 19.3. The van der Waals surface area contributed by atoms with Gasteiger partial charge < -0.3 is 29.2 Å². The number of ether oxygens (including phenoxy) is 1. The van der Waals surface area contributed by atoms with Crippen LogP contribution in [0.2, 0.25) is 5.02 Å². The van der Waals surface area contributed by atoms with Gasteiger partial charge in [0, 0.05) is 49.8 Å². The number of amides is 1. The van der Waals surface area contributed by atoms with Gasteiger partial charge in [0.25, 0.3) is 5.91 Å². The molecule has 1 amide bonds. The van der Waals surface area contributed by atoms with E-state index >= 15 is 0 Å². The standard InChI is InChI=1S/C25H23ClFN5O4/c1-35-14-19-12-31-10-17(20-8-23(28-9-21(20)26)30-24-4-5-29-36-24)7-22(31)25(34)32(19)11-16-6-18(27)3-2-15(16)13-33/h2-10,19,33H,11-14H2,1H3,(H,28,30)/t19-/m1/s1. The number of rotatable bonds is 8. The second kappa shape index (κ2) is 10.1. The van der Waals surface area contributed by atoms with E-state index in [1.165, 1.54) is 30.6 Å². The average Bonchev–Trinajstić information content (AvgIpc) is 3.53. The van der Waals surface area contributed by atoms with Crippen LogP contribution in [0.5, 0.6) is 0 Å². The first-order valence-electron chi connectivity index (χ1n) is 11.2. The van der Waals surface area contributed by atoms with E-state index in [-0.39, 0.29) is 25.1 Å². The van der Waals surface area contributed by atoms with E-state index < -0.39 is 5.82 Å². The van der Waals surface area contributed by atoms with Crippen LogP contribution in [0.25, 0.3) is 11.1 Å². The molecule has 0 saturated heterocycles. The lowest BCUT2D eigenvalue weighted by Crippen LogP contribution is -2.49. The zero-order chi connectivity index (χ0) is 25.2. The Bertz CT molecular complexity index is 1390. The number of hydrogen-bond donors (Lipinski definition) is 2. The largest absolute Gasteiger partial charge is 0.392 e. The lowest BCUT2D eigenvalue weighted by atomic mass is 10.0. The van der Waals surface area contributed by atoms with E-state index in [4.69, 9.17) is 20.9 Å². The highest BCUT2D eigenvalue weighted by atomic mass is 35.5. The molecule has 1 aromatic carbocycles. The number of pyridine rings is 1. The summed E-state index contributed by atoms with van der Waals surface area (Å²) < 4.78 is 26.3. The van der Waals surface area contributed by atoms with Crippen molar-refractivity contribution in [1.82, 2.24) is 19.6 Å². The molecular weight excluding hydrogens is 489 g/mol. The molecule has 0 bridgehead atoms. The third kappa shape index (κ3) is 4.70. The normalized spacial score (nSPS) is 15.3. The summed E-state index contributed by atoms with van der Waals surface area (Å²) in [6.07, 6.45) is 4.91. The highest BCUT2D eigenvalue weighted by Gasteiger charge is 2.34. The van der Waals surface area contributed by atoms with E-state index in [0.717, 1.165) is 5.56 Å². The van der Waals surface area contributed by atoms with Crippen LogP contribution in [0.1, 0.15) is 21.6 Å². The molecule has 9 nitrogen and oxygen atoms in total. The minimum atomic E-state index is -0.428. The molecule has 36 heavy (non-hydrogen) atoms. The maximum atomic E-state index is 14.0. The first-order chi connectivity index (χ1) is 17.5. The SMILES string of the molecule is COC[C@H]1Cn2cc(-c3cc(Nc4ccno4)ncc3Cl)cc2C(=O)N1Cc1cc(F)ccc1CO. The molecule has 0 spiro atoms. The van der Waals surface area contributed by atoms with Crippen LogP contribution < -0.4 is 5.32 Å². The van der Waals surface area contributed by atoms with E-state index in [2.05, 4.69) is 15.5 Å². The van der Waals surface area contributed by atoms with Crippen molar-refractivity contribution in [3.05, 3.63) is 82.6 Å². The quantitative estimate of drug-likeness (QED) is 0.364. The fourth-order valence-electron chi connectivity index (χ4n) is 4.38. The molecule has 3 aromatic heterocycles. The van der Waals surface area contributed by atoms with Gasteiger partial charge in [-0.3, -0.25) is 4.79 Å². The molecule has 0 radical (unpaired) electrons. The third-order valence-corrected chi connectivity index (χ3v) is 6.42. The molecule has 0 unspecified atom stereocenters. The van der Waals surface area contributed by atoms with Gasteiger partial charge in [0.15, 0.2) is 0 Å². The Morgan fingerprint density at radius 1 is 1.28 bits per heavy atom. The number of benzene rings is 1. The smallest absolute Gasteiger partial charge is 0.271 e. The number of halogens is 2. The molecule has 0 aliphatic carbocycles. The van der Waals surface area contributed by atoms with Gasteiger partial charge in [-0.25, -0.2) is 9.37 Å². The number of aliphatic hydroxyl groups is 1. The van der Waals surface area contributed by atoms with Crippen molar-refractivity contribution in [3.8, 4) is 11.1 Å². The Morgan fingerprint density at radius 3 is 2.89 bits per heavy atom. The van der Waals surface area contributed by atoms with Gasteiger partial charge in [0.2, 0.25) is 5.88 Å². The van der Waals surface area contributed by atoms with Gasteiger partial charge >= 0.3 is 0 Å². The molecule has 0 saturated carbocycles. The predicted octanol–water partition coefficient (Wildman–Crippen LogP) is 4.24. The van der Waals surface area contributed by atoms with E-state index in [0.29, 0.717) is 52.3 Å². The number of fused-ring (bicyclic) bond motifs is 1. The van der Waals surface area contributed by atoms with Gasteiger partial charge in [0.05, 0.1) is 30.5 Å². The van der Waals surface area contributed by atoms with Gasteiger partial charge in [-0.1, -0.05) is 22.8 Å². The summed E-state index contributed by atoms with van der Waals surface area (Å²) in [5, 5.41) is 16.8. The summed E-state index contributed by atoms with van der Waals surface area (Å²) in [6.45, 7) is 0.661. The number of aromatic nitrogens is 3. The number of hydrogen-bond acceptors (Lipinski definition) is 7. The monoisotopic (exact) mass is 511 g/mol. The van der Waals surface area contributed by atoms with Crippen molar-refractivity contribution in [2.24, 2.45) is 0 Å². The van der Waals surface area contributed by atoms with Crippen LogP contribution in [0.15, 0.2) is 59.5 Å². The Labute approximate surface area is 211 Å². The van der Waals surface area contributed by atoms with E-state index in [1.807, 2.05) is 10.8 Å². The topological polar surface area (TPSA) is 106 Å². The van der Waals surface area contributed by atoms with Crippen molar-refractivity contribution >= 4 is 29.2 Å². The molecule has 186 valence electrons. The molecule has 1 atom stereocenters. The molecule has 1 aliphatic heterocycles. The van der Waals surface area contributed by atoms with Crippen molar-refractivity contribution in [1.29, 1.82) is 0 Å². The van der Waals surface area contributed by atoms with Crippen LogP contribution >= 0.6 is 11.6 Å².